The van der Waals surface area contributed by atoms with Crippen LogP contribution >= 0.6 is 0 Å². The first-order valence-electron chi connectivity index (χ1n) is 6.65. The molecule has 1 aliphatic heterocycles. The normalized spacial score (nSPS) is 19.6. The molecule has 0 aromatic heterocycles. The maximum atomic E-state index is 12.1. The van der Waals surface area contributed by atoms with Gasteiger partial charge in [-0.05, 0) is 31.1 Å². The van der Waals surface area contributed by atoms with Gasteiger partial charge in [0.05, 0.1) is 5.54 Å². The van der Waals surface area contributed by atoms with Crippen LogP contribution in [0.15, 0.2) is 0 Å². The van der Waals surface area contributed by atoms with Crippen molar-refractivity contribution < 1.29 is 14.6 Å². The summed E-state index contributed by atoms with van der Waals surface area (Å²) in [7, 11) is 0. The van der Waals surface area contributed by atoms with E-state index in [-0.39, 0.29) is 17.9 Å². The van der Waals surface area contributed by atoms with E-state index in [0.717, 1.165) is 12.8 Å². The van der Waals surface area contributed by atoms with Gasteiger partial charge in [-0.2, -0.15) is 0 Å². The SMILES string of the molecule is CC(C)(CCCO)CNC(=O)C1(N)CCOCC1. The lowest BCUT2D eigenvalue weighted by Crippen LogP contribution is -2.57. The van der Waals surface area contributed by atoms with Crippen LogP contribution in [0.25, 0.3) is 0 Å². The number of hydrogen-bond donors (Lipinski definition) is 3. The number of amides is 1. The van der Waals surface area contributed by atoms with Crippen LogP contribution in [0.1, 0.15) is 39.5 Å². The van der Waals surface area contributed by atoms with Crippen LogP contribution in [0.5, 0.6) is 0 Å². The third-order valence-corrected chi connectivity index (χ3v) is 3.58. The Bertz CT molecular complexity index is 273. The van der Waals surface area contributed by atoms with Gasteiger partial charge in [-0.25, -0.2) is 0 Å². The van der Waals surface area contributed by atoms with E-state index in [0.29, 0.717) is 32.6 Å². The molecule has 1 rings (SSSR count). The fourth-order valence-corrected chi connectivity index (χ4v) is 2.10. The monoisotopic (exact) mass is 258 g/mol. The largest absolute Gasteiger partial charge is 0.396 e. The zero-order valence-corrected chi connectivity index (χ0v) is 11.5. The lowest BCUT2D eigenvalue weighted by atomic mass is 9.86. The maximum absolute atomic E-state index is 12.1. The fourth-order valence-electron chi connectivity index (χ4n) is 2.10. The number of carbonyl (C=O) groups is 1. The predicted octanol–water partition coefficient (Wildman–Crippen LogP) is 0.409. The van der Waals surface area contributed by atoms with Crippen LogP contribution in [0.3, 0.4) is 0 Å². The Kier molecular flexibility index (Phi) is 5.56. The zero-order valence-electron chi connectivity index (χ0n) is 11.5. The van der Waals surface area contributed by atoms with Gasteiger partial charge in [0.2, 0.25) is 5.91 Å². The number of carbonyl (C=O) groups excluding carboxylic acids is 1. The van der Waals surface area contributed by atoms with E-state index >= 15 is 0 Å². The second-order valence-corrected chi connectivity index (χ2v) is 5.94. The topological polar surface area (TPSA) is 84.6 Å². The first-order valence-corrected chi connectivity index (χ1v) is 6.65. The molecule has 0 atom stereocenters. The van der Waals surface area contributed by atoms with Crippen molar-refractivity contribution in [3.8, 4) is 0 Å². The van der Waals surface area contributed by atoms with E-state index in [1.54, 1.807) is 0 Å². The Hall–Kier alpha value is -0.650. The lowest BCUT2D eigenvalue weighted by Gasteiger charge is -2.33. The fraction of sp³-hybridized carbons (Fsp3) is 0.923. The van der Waals surface area contributed by atoms with E-state index in [4.69, 9.17) is 15.6 Å². The average molecular weight is 258 g/mol. The van der Waals surface area contributed by atoms with Crippen molar-refractivity contribution >= 4 is 5.91 Å². The molecule has 106 valence electrons. The molecule has 0 spiro atoms. The minimum absolute atomic E-state index is 0.0140. The van der Waals surface area contributed by atoms with E-state index in [1.165, 1.54) is 0 Å². The Morgan fingerprint density at radius 1 is 1.44 bits per heavy atom. The highest BCUT2D eigenvalue weighted by atomic mass is 16.5. The molecule has 0 unspecified atom stereocenters. The molecule has 5 heteroatoms. The van der Waals surface area contributed by atoms with E-state index in [2.05, 4.69) is 19.2 Å². The molecule has 0 bridgehead atoms. The number of nitrogens with one attached hydrogen (secondary N) is 1. The van der Waals surface area contributed by atoms with Crippen LogP contribution in [0, 0.1) is 5.41 Å². The Morgan fingerprint density at radius 2 is 2.06 bits per heavy atom. The number of nitrogens with two attached hydrogens (primary N) is 1. The van der Waals surface area contributed by atoms with Crippen molar-refractivity contribution in [3.05, 3.63) is 0 Å². The molecule has 0 aromatic carbocycles. The van der Waals surface area contributed by atoms with Gasteiger partial charge in [-0.3, -0.25) is 4.79 Å². The van der Waals surface area contributed by atoms with Crippen LogP contribution in [0.2, 0.25) is 0 Å². The molecule has 1 saturated heterocycles. The molecule has 4 N–H and O–H groups in total. The number of rotatable bonds is 6. The molecule has 1 fully saturated rings. The van der Waals surface area contributed by atoms with Gasteiger partial charge in [0.1, 0.15) is 0 Å². The van der Waals surface area contributed by atoms with Gasteiger partial charge in [0.25, 0.3) is 0 Å². The quantitative estimate of drug-likeness (QED) is 0.644. The van der Waals surface area contributed by atoms with Crippen LogP contribution < -0.4 is 11.1 Å². The molecule has 0 aliphatic carbocycles. The van der Waals surface area contributed by atoms with Crippen molar-refractivity contribution in [2.24, 2.45) is 11.1 Å². The Labute approximate surface area is 109 Å². The number of ether oxygens (including phenoxy) is 1. The summed E-state index contributed by atoms with van der Waals surface area (Å²) in [4.78, 5) is 12.1. The molecule has 1 aliphatic rings. The van der Waals surface area contributed by atoms with E-state index in [1.807, 2.05) is 0 Å². The second-order valence-electron chi connectivity index (χ2n) is 5.94. The molecule has 0 radical (unpaired) electrons. The molecule has 0 saturated carbocycles. The Morgan fingerprint density at radius 3 is 2.61 bits per heavy atom. The Balaban J connectivity index is 2.40. The van der Waals surface area contributed by atoms with Crippen LogP contribution in [-0.4, -0.2) is 42.9 Å². The third-order valence-electron chi connectivity index (χ3n) is 3.58. The zero-order chi connectivity index (χ0) is 13.6. The van der Waals surface area contributed by atoms with Crippen molar-refractivity contribution in [2.75, 3.05) is 26.4 Å². The first-order chi connectivity index (χ1) is 8.40. The minimum Gasteiger partial charge on any atom is -0.396 e. The van der Waals surface area contributed by atoms with Crippen molar-refractivity contribution in [1.29, 1.82) is 0 Å². The molecular formula is C13H26N2O3. The summed E-state index contributed by atoms with van der Waals surface area (Å²) < 4.78 is 5.23. The summed E-state index contributed by atoms with van der Waals surface area (Å²) in [5, 5.41) is 11.8. The highest BCUT2D eigenvalue weighted by Gasteiger charge is 2.36. The smallest absolute Gasteiger partial charge is 0.240 e. The summed E-state index contributed by atoms with van der Waals surface area (Å²) in [6, 6.07) is 0. The standard InChI is InChI=1S/C13H26N2O3/c1-12(2,4-3-7-16)10-15-11(17)13(14)5-8-18-9-6-13/h16H,3-10,14H2,1-2H3,(H,15,17). The average Bonchev–Trinajstić information content (AvgIpc) is 2.34. The van der Waals surface area contributed by atoms with Crippen molar-refractivity contribution in [1.82, 2.24) is 5.32 Å². The van der Waals surface area contributed by atoms with Crippen LogP contribution in [-0.2, 0) is 9.53 Å². The second kappa shape index (κ2) is 6.50. The number of aliphatic hydroxyl groups is 1. The summed E-state index contributed by atoms with van der Waals surface area (Å²) >= 11 is 0. The first kappa shape index (κ1) is 15.4. The number of aliphatic hydroxyl groups excluding tert-OH is 1. The summed E-state index contributed by atoms with van der Waals surface area (Å²) in [5.41, 5.74) is 5.31. The van der Waals surface area contributed by atoms with Gasteiger partial charge in [0.15, 0.2) is 0 Å². The molecule has 5 nitrogen and oxygen atoms in total. The van der Waals surface area contributed by atoms with Crippen molar-refractivity contribution in [3.63, 3.8) is 0 Å². The van der Waals surface area contributed by atoms with Gasteiger partial charge in [0, 0.05) is 26.4 Å². The van der Waals surface area contributed by atoms with Crippen LogP contribution in [0.4, 0.5) is 0 Å². The minimum atomic E-state index is -0.773. The van der Waals surface area contributed by atoms with Gasteiger partial charge >= 0.3 is 0 Å². The lowest BCUT2D eigenvalue weighted by molar-refractivity contribution is -0.130. The predicted molar refractivity (Wildman–Crippen MR) is 70.1 cm³/mol. The molecule has 18 heavy (non-hydrogen) atoms. The molecule has 1 heterocycles. The van der Waals surface area contributed by atoms with Crippen molar-refractivity contribution in [2.45, 2.75) is 45.1 Å². The molecule has 0 aromatic rings. The van der Waals surface area contributed by atoms with Gasteiger partial charge in [-0.1, -0.05) is 13.8 Å². The number of hydrogen-bond acceptors (Lipinski definition) is 4. The maximum Gasteiger partial charge on any atom is 0.240 e. The summed E-state index contributed by atoms with van der Waals surface area (Å²) in [6.45, 7) is 6.04. The summed E-state index contributed by atoms with van der Waals surface area (Å²) in [5.74, 6) is -0.0807. The van der Waals surface area contributed by atoms with Gasteiger partial charge < -0.3 is 20.9 Å². The highest BCUT2D eigenvalue weighted by Crippen LogP contribution is 2.22. The molecule has 1 amide bonds. The third kappa shape index (κ3) is 4.55. The van der Waals surface area contributed by atoms with E-state index < -0.39 is 5.54 Å². The van der Waals surface area contributed by atoms with Gasteiger partial charge in [-0.15, -0.1) is 0 Å². The summed E-state index contributed by atoms with van der Waals surface area (Å²) in [6.07, 6.45) is 2.79. The highest BCUT2D eigenvalue weighted by molar-refractivity contribution is 5.86. The molecular weight excluding hydrogens is 232 g/mol. The van der Waals surface area contributed by atoms with E-state index in [9.17, 15) is 4.79 Å².